The van der Waals surface area contributed by atoms with Crippen molar-refractivity contribution in [1.29, 1.82) is 0 Å². The third-order valence-corrected chi connectivity index (χ3v) is 5.06. The predicted molar refractivity (Wildman–Crippen MR) is 87.7 cm³/mol. The van der Waals surface area contributed by atoms with Crippen LogP contribution < -0.4 is 0 Å². The van der Waals surface area contributed by atoms with E-state index in [2.05, 4.69) is 37.4 Å². The lowest BCUT2D eigenvalue weighted by Crippen LogP contribution is -2.11. The molecule has 3 aromatic rings. The van der Waals surface area contributed by atoms with Gasteiger partial charge in [0.05, 0.1) is 21.5 Å². The molecule has 3 nitrogen and oxygen atoms in total. The minimum Gasteiger partial charge on any atom is -0.318 e. The van der Waals surface area contributed by atoms with Crippen molar-refractivity contribution in [3.63, 3.8) is 0 Å². The fraction of sp³-hybridized carbons (Fsp3) is 0.286. The summed E-state index contributed by atoms with van der Waals surface area (Å²) in [5.74, 6) is 1.00. The van der Waals surface area contributed by atoms with Crippen molar-refractivity contribution in [2.24, 2.45) is 0 Å². The van der Waals surface area contributed by atoms with E-state index in [1.54, 1.807) is 23.6 Å². The molecule has 0 radical (unpaired) electrons. The Morgan fingerprint density at radius 2 is 2.29 bits per heavy atom. The Morgan fingerprint density at radius 1 is 1.48 bits per heavy atom. The van der Waals surface area contributed by atoms with Gasteiger partial charge in [0.1, 0.15) is 16.6 Å². The van der Waals surface area contributed by atoms with Crippen LogP contribution in [0.4, 0.5) is 4.39 Å². The highest BCUT2D eigenvalue weighted by atomic mass is 79.9. The third kappa shape index (κ3) is 2.72. The Labute approximate surface area is 138 Å². The van der Waals surface area contributed by atoms with Gasteiger partial charge in [-0.1, -0.05) is 0 Å². The summed E-state index contributed by atoms with van der Waals surface area (Å²) in [7, 11) is 0. The highest BCUT2D eigenvalue weighted by molar-refractivity contribution is 9.10. The SMILES string of the molecule is CC(c1nccs1)n1c(CCCl)nc2cc(F)c(Br)cc21. The van der Waals surface area contributed by atoms with Crippen molar-refractivity contribution in [3.05, 3.63) is 44.8 Å². The lowest BCUT2D eigenvalue weighted by atomic mass is 10.2. The van der Waals surface area contributed by atoms with Gasteiger partial charge in [-0.3, -0.25) is 0 Å². The van der Waals surface area contributed by atoms with Crippen molar-refractivity contribution in [2.75, 3.05) is 5.88 Å². The molecule has 7 heteroatoms. The normalized spacial score (nSPS) is 13.0. The second-order valence-electron chi connectivity index (χ2n) is 4.64. The van der Waals surface area contributed by atoms with Gasteiger partial charge in [0, 0.05) is 29.9 Å². The molecule has 0 spiro atoms. The third-order valence-electron chi connectivity index (χ3n) is 3.32. The summed E-state index contributed by atoms with van der Waals surface area (Å²) >= 11 is 10.7. The zero-order valence-corrected chi connectivity index (χ0v) is 14.3. The van der Waals surface area contributed by atoms with Crippen LogP contribution in [0.15, 0.2) is 28.2 Å². The molecule has 0 N–H and O–H groups in total. The Kier molecular flexibility index (Phi) is 4.28. The monoisotopic (exact) mass is 387 g/mol. The van der Waals surface area contributed by atoms with Crippen LogP contribution in [0.2, 0.25) is 0 Å². The Bertz CT molecular complexity index is 772. The molecule has 110 valence electrons. The van der Waals surface area contributed by atoms with Gasteiger partial charge in [0.15, 0.2) is 0 Å². The highest BCUT2D eigenvalue weighted by Gasteiger charge is 2.20. The van der Waals surface area contributed by atoms with Gasteiger partial charge in [0.25, 0.3) is 0 Å². The zero-order valence-electron chi connectivity index (χ0n) is 11.2. The van der Waals surface area contributed by atoms with Crippen molar-refractivity contribution in [1.82, 2.24) is 14.5 Å². The number of thiazole rings is 1. The van der Waals surface area contributed by atoms with E-state index in [0.29, 0.717) is 22.3 Å². The maximum Gasteiger partial charge on any atom is 0.139 e. The van der Waals surface area contributed by atoms with Crippen LogP contribution in [0.1, 0.15) is 23.8 Å². The molecule has 2 aromatic heterocycles. The second kappa shape index (κ2) is 6.02. The average Bonchev–Trinajstić information content (AvgIpc) is 3.07. The topological polar surface area (TPSA) is 30.7 Å². The Morgan fingerprint density at radius 3 is 2.95 bits per heavy atom. The van der Waals surface area contributed by atoms with E-state index < -0.39 is 0 Å². The first-order valence-corrected chi connectivity index (χ1v) is 8.63. The van der Waals surface area contributed by atoms with Crippen molar-refractivity contribution < 1.29 is 4.39 Å². The summed E-state index contributed by atoms with van der Waals surface area (Å²) in [4.78, 5) is 8.90. The number of alkyl halides is 1. The van der Waals surface area contributed by atoms with Crippen LogP contribution in [-0.4, -0.2) is 20.4 Å². The molecule has 1 atom stereocenters. The first-order chi connectivity index (χ1) is 10.1. The van der Waals surface area contributed by atoms with Gasteiger partial charge in [-0.25, -0.2) is 14.4 Å². The maximum absolute atomic E-state index is 13.7. The molecule has 0 saturated carbocycles. The first kappa shape index (κ1) is 14.9. The summed E-state index contributed by atoms with van der Waals surface area (Å²) in [5, 5.41) is 2.94. The molecule has 0 aliphatic rings. The van der Waals surface area contributed by atoms with E-state index in [0.717, 1.165) is 16.3 Å². The van der Waals surface area contributed by atoms with E-state index in [4.69, 9.17) is 11.6 Å². The van der Waals surface area contributed by atoms with Gasteiger partial charge in [-0.15, -0.1) is 22.9 Å². The molecule has 1 aromatic carbocycles. The quantitative estimate of drug-likeness (QED) is 0.602. The van der Waals surface area contributed by atoms with Crippen LogP contribution in [0.3, 0.4) is 0 Å². The van der Waals surface area contributed by atoms with Crippen molar-refractivity contribution >= 4 is 49.9 Å². The molecule has 0 aliphatic heterocycles. The number of rotatable bonds is 4. The number of hydrogen-bond acceptors (Lipinski definition) is 3. The molecule has 1 unspecified atom stereocenters. The fourth-order valence-corrected chi connectivity index (χ4v) is 3.57. The number of fused-ring (bicyclic) bond motifs is 1. The van der Waals surface area contributed by atoms with E-state index in [-0.39, 0.29) is 11.9 Å². The molecule has 0 amide bonds. The summed E-state index contributed by atoms with van der Waals surface area (Å²) < 4.78 is 16.2. The van der Waals surface area contributed by atoms with E-state index in [1.807, 2.05) is 5.38 Å². The molecule has 0 bridgehead atoms. The smallest absolute Gasteiger partial charge is 0.139 e. The highest BCUT2D eigenvalue weighted by Crippen LogP contribution is 2.30. The fourth-order valence-electron chi connectivity index (χ4n) is 2.38. The number of hydrogen-bond donors (Lipinski definition) is 0. The van der Waals surface area contributed by atoms with Crippen LogP contribution in [0.5, 0.6) is 0 Å². The molecule has 2 heterocycles. The molecule has 0 saturated heterocycles. The molecular weight excluding hydrogens is 377 g/mol. The minimum atomic E-state index is -0.313. The number of aromatic nitrogens is 3. The molecule has 0 fully saturated rings. The number of halogens is 3. The molecule has 3 rings (SSSR count). The van der Waals surface area contributed by atoms with E-state index in [9.17, 15) is 4.39 Å². The zero-order chi connectivity index (χ0) is 15.0. The number of nitrogens with zero attached hydrogens (tertiary/aromatic N) is 3. The molecular formula is C14H12BrClFN3S. The van der Waals surface area contributed by atoms with Gasteiger partial charge in [-0.2, -0.15) is 0 Å². The lowest BCUT2D eigenvalue weighted by molar-refractivity contribution is 0.616. The van der Waals surface area contributed by atoms with Gasteiger partial charge < -0.3 is 4.57 Å². The van der Waals surface area contributed by atoms with E-state index >= 15 is 0 Å². The minimum absolute atomic E-state index is 0.0329. The number of benzene rings is 1. The molecule has 21 heavy (non-hydrogen) atoms. The largest absolute Gasteiger partial charge is 0.318 e. The van der Waals surface area contributed by atoms with Crippen molar-refractivity contribution in [2.45, 2.75) is 19.4 Å². The lowest BCUT2D eigenvalue weighted by Gasteiger charge is -2.15. The van der Waals surface area contributed by atoms with Crippen LogP contribution in [0.25, 0.3) is 11.0 Å². The summed E-state index contributed by atoms with van der Waals surface area (Å²) in [6.07, 6.45) is 2.41. The van der Waals surface area contributed by atoms with Gasteiger partial charge >= 0.3 is 0 Å². The summed E-state index contributed by atoms with van der Waals surface area (Å²) in [6.45, 7) is 2.06. The summed E-state index contributed by atoms with van der Waals surface area (Å²) in [5.41, 5.74) is 1.52. The van der Waals surface area contributed by atoms with Gasteiger partial charge in [-0.05, 0) is 28.9 Å². The van der Waals surface area contributed by atoms with Crippen LogP contribution in [0, 0.1) is 5.82 Å². The van der Waals surface area contributed by atoms with Crippen LogP contribution >= 0.6 is 38.9 Å². The summed E-state index contributed by atoms with van der Waals surface area (Å²) in [6, 6.07) is 3.24. The first-order valence-electron chi connectivity index (χ1n) is 6.43. The average molecular weight is 389 g/mol. The second-order valence-corrected chi connectivity index (χ2v) is 6.80. The van der Waals surface area contributed by atoms with Crippen LogP contribution in [-0.2, 0) is 6.42 Å². The van der Waals surface area contributed by atoms with Crippen molar-refractivity contribution in [3.8, 4) is 0 Å². The molecule has 0 aliphatic carbocycles. The number of aryl methyl sites for hydroxylation is 1. The van der Waals surface area contributed by atoms with Gasteiger partial charge in [0.2, 0.25) is 0 Å². The maximum atomic E-state index is 13.7. The standard InChI is InChI=1S/C14H12BrClFN3S/c1-8(14-18-4-5-21-14)20-12-6-9(15)10(17)7-11(12)19-13(20)2-3-16/h4-8H,2-3H2,1H3. The predicted octanol–water partition coefficient (Wildman–Crippen LogP) is 4.79. The Balaban J connectivity index is 2.22. The Hall–Kier alpha value is -0.980. The number of imidazole rings is 1. The van der Waals surface area contributed by atoms with E-state index in [1.165, 1.54) is 6.07 Å².